The molecule has 0 aromatic heterocycles. The van der Waals surface area contributed by atoms with Crippen molar-refractivity contribution in [2.45, 2.75) is 135 Å². The molecule has 0 aromatic rings. The van der Waals surface area contributed by atoms with Gasteiger partial charge < -0.3 is 18.6 Å². The largest absolute Gasteiger partial charge is 0.500 e. The van der Waals surface area contributed by atoms with Gasteiger partial charge in [0.1, 0.15) is 0 Å². The third-order valence-corrected chi connectivity index (χ3v) is 9.16. The number of hydrogen-bond acceptors (Lipinski definition) is 4. The number of hydrogen-bond donors (Lipinski definition) is 1. The van der Waals surface area contributed by atoms with Crippen molar-refractivity contribution < 1.29 is 13.3 Å². The standard InChI is InChI=1S/C25H55NO3Si/c1-6-7-8-9-10-11-12-13-14-15-16-17-18-19-20-22-25(2)26-23-21-24-30(27-3,28-4)29-5/h25-26H,6-24H2,1-5H3. The first-order chi connectivity index (χ1) is 14.6. The predicted octanol–water partition coefficient (Wildman–Crippen LogP) is 7.49. The molecule has 0 saturated carbocycles. The lowest BCUT2D eigenvalue weighted by Crippen LogP contribution is -2.43. The maximum absolute atomic E-state index is 5.47. The summed E-state index contributed by atoms with van der Waals surface area (Å²) in [6, 6.07) is 1.46. The quantitative estimate of drug-likeness (QED) is 0.123. The van der Waals surface area contributed by atoms with Crippen molar-refractivity contribution in [2.75, 3.05) is 27.9 Å². The minimum absolute atomic E-state index is 0.593. The molecule has 0 aromatic carbocycles. The van der Waals surface area contributed by atoms with Crippen molar-refractivity contribution in [3.8, 4) is 0 Å². The van der Waals surface area contributed by atoms with Crippen molar-refractivity contribution in [1.29, 1.82) is 0 Å². The van der Waals surface area contributed by atoms with Crippen molar-refractivity contribution >= 4 is 8.80 Å². The molecule has 1 N–H and O–H groups in total. The average molecular weight is 446 g/mol. The fourth-order valence-electron chi connectivity index (χ4n) is 4.13. The van der Waals surface area contributed by atoms with E-state index in [1.165, 1.54) is 103 Å². The van der Waals surface area contributed by atoms with Crippen molar-refractivity contribution in [1.82, 2.24) is 5.32 Å². The molecule has 0 spiro atoms. The highest BCUT2D eigenvalue weighted by molar-refractivity contribution is 6.60. The molecule has 0 rings (SSSR count). The Morgan fingerprint density at radius 3 is 1.40 bits per heavy atom. The van der Waals surface area contributed by atoms with Crippen molar-refractivity contribution in [2.24, 2.45) is 0 Å². The Morgan fingerprint density at radius 1 is 0.600 bits per heavy atom. The average Bonchev–Trinajstić information content (AvgIpc) is 2.77. The van der Waals surface area contributed by atoms with Gasteiger partial charge in [0.2, 0.25) is 0 Å². The second-order valence-electron chi connectivity index (χ2n) is 8.99. The van der Waals surface area contributed by atoms with E-state index in [1.807, 2.05) is 0 Å². The normalized spacial score (nSPS) is 13.1. The molecule has 0 aliphatic rings. The molecule has 0 aliphatic carbocycles. The molecule has 182 valence electrons. The maximum Gasteiger partial charge on any atom is 0.500 e. The van der Waals surface area contributed by atoms with E-state index in [2.05, 4.69) is 19.2 Å². The van der Waals surface area contributed by atoms with E-state index < -0.39 is 8.80 Å². The van der Waals surface area contributed by atoms with Crippen molar-refractivity contribution in [3.05, 3.63) is 0 Å². The SMILES string of the molecule is CCCCCCCCCCCCCCCCCC(C)NCCC[Si](OC)(OC)OC. The molecule has 0 radical (unpaired) electrons. The lowest BCUT2D eigenvalue weighted by molar-refractivity contribution is 0.123. The predicted molar refractivity (Wildman–Crippen MR) is 133 cm³/mol. The Morgan fingerprint density at radius 2 is 1.00 bits per heavy atom. The van der Waals surface area contributed by atoms with Gasteiger partial charge in [-0.3, -0.25) is 0 Å². The molecule has 0 bridgehead atoms. The molecule has 5 heteroatoms. The summed E-state index contributed by atoms with van der Waals surface area (Å²) in [4.78, 5) is 0. The number of unbranched alkanes of at least 4 members (excludes halogenated alkanes) is 14. The minimum atomic E-state index is -2.39. The third-order valence-electron chi connectivity index (χ3n) is 6.33. The van der Waals surface area contributed by atoms with Gasteiger partial charge in [0.25, 0.3) is 0 Å². The van der Waals surface area contributed by atoms with Crippen LogP contribution in [0.3, 0.4) is 0 Å². The summed E-state index contributed by atoms with van der Waals surface area (Å²) in [5, 5.41) is 3.63. The third kappa shape index (κ3) is 17.7. The highest BCUT2D eigenvalue weighted by atomic mass is 28.4. The molecule has 0 saturated heterocycles. The molecule has 1 atom stereocenters. The fourth-order valence-corrected chi connectivity index (χ4v) is 5.86. The molecule has 1 unspecified atom stereocenters. The van der Waals surface area contributed by atoms with Gasteiger partial charge >= 0.3 is 8.80 Å². The van der Waals surface area contributed by atoms with Gasteiger partial charge in [0.05, 0.1) is 0 Å². The Bertz CT molecular complexity index is 332. The van der Waals surface area contributed by atoms with Gasteiger partial charge in [0, 0.05) is 33.4 Å². The zero-order chi connectivity index (χ0) is 22.3. The Hall–Kier alpha value is 0.0569. The summed E-state index contributed by atoms with van der Waals surface area (Å²) in [7, 11) is 2.67. The van der Waals surface area contributed by atoms with E-state index in [1.54, 1.807) is 21.3 Å². The molecule has 0 amide bonds. The first-order valence-electron chi connectivity index (χ1n) is 13.0. The van der Waals surface area contributed by atoms with Gasteiger partial charge in [0.15, 0.2) is 0 Å². The van der Waals surface area contributed by atoms with Crippen LogP contribution in [0.25, 0.3) is 0 Å². The van der Waals surface area contributed by atoms with Crippen LogP contribution in [0.5, 0.6) is 0 Å². The van der Waals surface area contributed by atoms with Crippen LogP contribution < -0.4 is 5.32 Å². The molecular weight excluding hydrogens is 390 g/mol. The highest BCUT2D eigenvalue weighted by Gasteiger charge is 2.36. The lowest BCUT2D eigenvalue weighted by atomic mass is 10.0. The summed E-state index contributed by atoms with van der Waals surface area (Å²) < 4.78 is 16.4. The molecule has 0 fully saturated rings. The monoisotopic (exact) mass is 445 g/mol. The lowest BCUT2D eigenvalue weighted by Gasteiger charge is -2.24. The van der Waals surface area contributed by atoms with E-state index in [0.717, 1.165) is 19.0 Å². The van der Waals surface area contributed by atoms with E-state index in [4.69, 9.17) is 13.3 Å². The first kappa shape index (κ1) is 30.1. The van der Waals surface area contributed by atoms with Crippen LogP contribution in [0.15, 0.2) is 0 Å². The van der Waals surface area contributed by atoms with Crippen LogP contribution >= 0.6 is 0 Å². The van der Waals surface area contributed by atoms with Crippen LogP contribution in [-0.4, -0.2) is 42.7 Å². The van der Waals surface area contributed by atoms with E-state index in [-0.39, 0.29) is 0 Å². The second-order valence-corrected chi connectivity index (χ2v) is 12.1. The molecule has 0 aliphatic heterocycles. The summed E-state index contributed by atoms with van der Waals surface area (Å²) in [6.45, 7) is 5.60. The van der Waals surface area contributed by atoms with Crippen LogP contribution in [0.1, 0.15) is 123 Å². The topological polar surface area (TPSA) is 39.7 Å². The molecular formula is C25H55NO3Si. The second kappa shape index (κ2) is 22.3. The van der Waals surface area contributed by atoms with Crippen LogP contribution in [-0.2, 0) is 13.3 Å². The zero-order valence-electron chi connectivity index (χ0n) is 21.2. The minimum Gasteiger partial charge on any atom is -0.377 e. The smallest absolute Gasteiger partial charge is 0.377 e. The van der Waals surface area contributed by atoms with Gasteiger partial charge in [-0.15, -0.1) is 0 Å². The van der Waals surface area contributed by atoms with Gasteiger partial charge in [-0.05, 0) is 26.3 Å². The molecule has 4 nitrogen and oxygen atoms in total. The van der Waals surface area contributed by atoms with Crippen LogP contribution in [0, 0.1) is 0 Å². The summed E-state index contributed by atoms with van der Waals surface area (Å²) in [6.07, 6.45) is 23.8. The van der Waals surface area contributed by atoms with E-state index in [9.17, 15) is 0 Å². The Balaban J connectivity index is 3.33. The summed E-state index contributed by atoms with van der Waals surface area (Å²) in [5.41, 5.74) is 0. The summed E-state index contributed by atoms with van der Waals surface area (Å²) in [5.74, 6) is 0. The van der Waals surface area contributed by atoms with Crippen molar-refractivity contribution in [3.63, 3.8) is 0 Å². The van der Waals surface area contributed by atoms with Gasteiger partial charge in [-0.1, -0.05) is 103 Å². The summed E-state index contributed by atoms with van der Waals surface area (Å²) >= 11 is 0. The Kier molecular flexibility index (Phi) is 22.3. The molecule has 0 heterocycles. The van der Waals surface area contributed by atoms with Gasteiger partial charge in [-0.25, -0.2) is 0 Å². The van der Waals surface area contributed by atoms with Crippen LogP contribution in [0.2, 0.25) is 6.04 Å². The van der Waals surface area contributed by atoms with E-state index in [0.29, 0.717) is 6.04 Å². The fraction of sp³-hybridized carbons (Fsp3) is 1.00. The van der Waals surface area contributed by atoms with E-state index >= 15 is 0 Å². The maximum atomic E-state index is 5.47. The van der Waals surface area contributed by atoms with Crippen LogP contribution in [0.4, 0.5) is 0 Å². The zero-order valence-corrected chi connectivity index (χ0v) is 22.2. The number of rotatable bonds is 24. The number of nitrogens with one attached hydrogen (secondary N) is 1. The highest BCUT2D eigenvalue weighted by Crippen LogP contribution is 2.15. The van der Waals surface area contributed by atoms with Gasteiger partial charge in [-0.2, -0.15) is 0 Å². The first-order valence-corrected chi connectivity index (χ1v) is 15.0. The Labute approximate surface area is 190 Å². The molecule has 30 heavy (non-hydrogen) atoms.